The number of nitriles is 1. The zero-order valence-electron chi connectivity index (χ0n) is 14.2. The van der Waals surface area contributed by atoms with Gasteiger partial charge < -0.3 is 4.90 Å². The van der Waals surface area contributed by atoms with Crippen LogP contribution >= 0.6 is 0 Å². The summed E-state index contributed by atoms with van der Waals surface area (Å²) < 4.78 is 41.4. The van der Waals surface area contributed by atoms with Gasteiger partial charge >= 0.3 is 6.18 Å². The zero-order valence-corrected chi connectivity index (χ0v) is 14.2. The number of hydrogen-bond acceptors (Lipinski definition) is 2. The molecule has 0 radical (unpaired) electrons. The van der Waals surface area contributed by atoms with Crippen LogP contribution in [0.2, 0.25) is 0 Å². The summed E-state index contributed by atoms with van der Waals surface area (Å²) in [7, 11) is 0. The maximum absolute atomic E-state index is 13.8. The van der Waals surface area contributed by atoms with Crippen LogP contribution in [0.1, 0.15) is 28.3 Å². The van der Waals surface area contributed by atoms with Crippen LogP contribution in [-0.2, 0) is 12.6 Å². The highest BCUT2D eigenvalue weighted by Crippen LogP contribution is 2.49. The average molecular weight is 364 g/mol. The fourth-order valence-electron chi connectivity index (χ4n) is 3.67. The third kappa shape index (κ3) is 3.04. The monoisotopic (exact) mass is 364 g/mol. The smallest absolute Gasteiger partial charge is 0.333 e. The SMILES string of the molecule is N#Cc1ccc(N2c3ccccc3CC2c2ccccc2)c(C(F)(F)F)c1. The number of benzene rings is 3. The molecule has 27 heavy (non-hydrogen) atoms. The predicted molar refractivity (Wildman–Crippen MR) is 97.6 cm³/mol. The first kappa shape index (κ1) is 17.2. The van der Waals surface area contributed by atoms with Crippen molar-refractivity contribution in [1.82, 2.24) is 0 Å². The van der Waals surface area contributed by atoms with E-state index in [0.29, 0.717) is 6.42 Å². The molecule has 0 aliphatic carbocycles. The van der Waals surface area contributed by atoms with Crippen molar-refractivity contribution < 1.29 is 13.2 Å². The lowest BCUT2D eigenvalue weighted by molar-refractivity contribution is -0.137. The van der Waals surface area contributed by atoms with Gasteiger partial charge in [-0.2, -0.15) is 18.4 Å². The molecule has 0 saturated heterocycles. The highest BCUT2D eigenvalue weighted by molar-refractivity contribution is 5.75. The van der Waals surface area contributed by atoms with Crippen molar-refractivity contribution in [2.45, 2.75) is 18.6 Å². The lowest BCUT2D eigenvalue weighted by Gasteiger charge is -2.30. The Kier molecular flexibility index (Phi) is 4.12. The molecule has 0 spiro atoms. The van der Waals surface area contributed by atoms with Crippen molar-refractivity contribution in [3.8, 4) is 6.07 Å². The second-order valence-electron chi connectivity index (χ2n) is 6.47. The molecule has 2 nitrogen and oxygen atoms in total. The van der Waals surface area contributed by atoms with E-state index in [9.17, 15) is 13.2 Å². The largest absolute Gasteiger partial charge is 0.418 e. The molecule has 1 aliphatic heterocycles. The van der Waals surface area contributed by atoms with Gasteiger partial charge in [-0.05, 0) is 41.8 Å². The molecule has 1 heterocycles. The highest BCUT2D eigenvalue weighted by atomic mass is 19.4. The first-order valence-corrected chi connectivity index (χ1v) is 8.52. The second kappa shape index (κ2) is 6.48. The van der Waals surface area contributed by atoms with E-state index in [4.69, 9.17) is 5.26 Å². The van der Waals surface area contributed by atoms with Crippen LogP contribution in [0.4, 0.5) is 24.5 Å². The number of fused-ring (bicyclic) bond motifs is 1. The molecule has 134 valence electrons. The van der Waals surface area contributed by atoms with E-state index in [1.165, 1.54) is 12.1 Å². The minimum atomic E-state index is -4.55. The minimum Gasteiger partial charge on any atom is -0.333 e. The minimum absolute atomic E-state index is 0.00480. The molecule has 0 aromatic heterocycles. The molecule has 0 fully saturated rings. The summed E-state index contributed by atoms with van der Waals surface area (Å²) >= 11 is 0. The van der Waals surface area contributed by atoms with Gasteiger partial charge in [0.05, 0.1) is 28.9 Å². The van der Waals surface area contributed by atoms with E-state index in [2.05, 4.69) is 0 Å². The number of rotatable bonds is 2. The molecule has 1 atom stereocenters. The van der Waals surface area contributed by atoms with Gasteiger partial charge in [-0.3, -0.25) is 0 Å². The van der Waals surface area contributed by atoms with Crippen molar-refractivity contribution >= 4 is 11.4 Å². The van der Waals surface area contributed by atoms with Crippen molar-refractivity contribution in [3.63, 3.8) is 0 Å². The van der Waals surface area contributed by atoms with E-state index in [-0.39, 0.29) is 17.3 Å². The first-order chi connectivity index (χ1) is 13.0. The Bertz CT molecular complexity index is 1020. The number of para-hydroxylation sites is 1. The molecule has 4 rings (SSSR count). The Morgan fingerprint density at radius 3 is 2.30 bits per heavy atom. The van der Waals surface area contributed by atoms with E-state index >= 15 is 0 Å². The van der Waals surface area contributed by atoms with E-state index in [1.54, 1.807) is 11.0 Å². The predicted octanol–water partition coefficient (Wildman–Crippen LogP) is 6.01. The van der Waals surface area contributed by atoms with E-state index in [0.717, 1.165) is 22.9 Å². The molecule has 0 saturated carbocycles. The Labute approximate surface area is 155 Å². The van der Waals surface area contributed by atoms with Crippen LogP contribution in [-0.4, -0.2) is 0 Å². The molecule has 3 aromatic rings. The quantitative estimate of drug-likeness (QED) is 0.556. The molecule has 5 heteroatoms. The summed E-state index contributed by atoms with van der Waals surface area (Å²) in [4.78, 5) is 1.74. The third-order valence-corrected chi connectivity index (χ3v) is 4.85. The van der Waals surface area contributed by atoms with Gasteiger partial charge in [-0.1, -0.05) is 48.5 Å². The summed E-state index contributed by atoms with van der Waals surface area (Å²) in [6, 6.07) is 22.4. The summed E-state index contributed by atoms with van der Waals surface area (Å²) in [5.41, 5.74) is 1.99. The number of halogens is 3. The average Bonchev–Trinajstić information content (AvgIpc) is 3.07. The molecular weight excluding hydrogens is 349 g/mol. The zero-order chi connectivity index (χ0) is 19.0. The van der Waals surface area contributed by atoms with Crippen LogP contribution in [0.25, 0.3) is 0 Å². The summed E-state index contributed by atoms with van der Waals surface area (Å²) in [5, 5.41) is 9.04. The van der Waals surface area contributed by atoms with Crippen LogP contribution < -0.4 is 4.90 Å². The van der Waals surface area contributed by atoms with Crippen LogP contribution in [0.15, 0.2) is 72.8 Å². The molecule has 1 unspecified atom stereocenters. The van der Waals surface area contributed by atoms with Gasteiger partial charge in [0, 0.05) is 5.69 Å². The normalized spacial score (nSPS) is 16.1. The fourth-order valence-corrected chi connectivity index (χ4v) is 3.67. The molecular formula is C22H15F3N2. The molecule has 0 N–H and O–H groups in total. The topological polar surface area (TPSA) is 27.0 Å². The Hall–Kier alpha value is -3.26. The lowest BCUT2D eigenvalue weighted by Crippen LogP contribution is -2.23. The molecule has 0 bridgehead atoms. The van der Waals surface area contributed by atoms with Gasteiger partial charge in [0.2, 0.25) is 0 Å². The maximum Gasteiger partial charge on any atom is 0.418 e. The van der Waals surface area contributed by atoms with Crippen molar-refractivity contribution in [3.05, 3.63) is 95.1 Å². The second-order valence-corrected chi connectivity index (χ2v) is 6.47. The van der Waals surface area contributed by atoms with E-state index < -0.39 is 11.7 Å². The summed E-state index contributed by atoms with van der Waals surface area (Å²) in [6.07, 6.45) is -3.93. The molecule has 0 amide bonds. The Morgan fingerprint density at radius 1 is 0.889 bits per heavy atom. The van der Waals surface area contributed by atoms with Crippen LogP contribution in [0.3, 0.4) is 0 Å². The van der Waals surface area contributed by atoms with Gasteiger partial charge in [0.1, 0.15) is 0 Å². The molecule has 3 aromatic carbocycles. The van der Waals surface area contributed by atoms with Crippen molar-refractivity contribution in [1.29, 1.82) is 5.26 Å². The summed E-state index contributed by atoms with van der Waals surface area (Å²) in [5.74, 6) is 0. The van der Waals surface area contributed by atoms with Gasteiger partial charge in [-0.15, -0.1) is 0 Å². The number of alkyl halides is 3. The third-order valence-electron chi connectivity index (χ3n) is 4.85. The maximum atomic E-state index is 13.8. The fraction of sp³-hybridized carbons (Fsp3) is 0.136. The standard InChI is InChI=1S/C22H15F3N2/c23-22(24,25)18-12-15(14-26)10-11-20(18)27-19-9-5-4-8-17(19)13-21(27)16-6-2-1-3-7-16/h1-12,21H,13H2. The van der Waals surface area contributed by atoms with Gasteiger partial charge in [0.15, 0.2) is 0 Å². The first-order valence-electron chi connectivity index (χ1n) is 8.52. The molecule has 1 aliphatic rings. The summed E-state index contributed by atoms with van der Waals surface area (Å²) in [6.45, 7) is 0. The van der Waals surface area contributed by atoms with Crippen LogP contribution in [0.5, 0.6) is 0 Å². The van der Waals surface area contributed by atoms with Crippen molar-refractivity contribution in [2.24, 2.45) is 0 Å². The number of nitrogens with zero attached hydrogens (tertiary/aromatic N) is 2. The Morgan fingerprint density at radius 2 is 1.59 bits per heavy atom. The Balaban J connectivity index is 1.93. The van der Waals surface area contributed by atoms with Gasteiger partial charge in [0.25, 0.3) is 0 Å². The lowest BCUT2D eigenvalue weighted by atomic mass is 10.0. The number of hydrogen-bond donors (Lipinski definition) is 0. The van der Waals surface area contributed by atoms with Gasteiger partial charge in [-0.25, -0.2) is 0 Å². The van der Waals surface area contributed by atoms with Crippen molar-refractivity contribution in [2.75, 3.05) is 4.90 Å². The number of anilines is 2. The van der Waals surface area contributed by atoms with Crippen LogP contribution in [0, 0.1) is 11.3 Å². The highest BCUT2D eigenvalue weighted by Gasteiger charge is 2.39. The van der Waals surface area contributed by atoms with E-state index in [1.807, 2.05) is 54.6 Å².